The summed E-state index contributed by atoms with van der Waals surface area (Å²) < 4.78 is 12.0. The molecule has 1 saturated heterocycles. The smallest absolute Gasteiger partial charge is 0.135 e. The van der Waals surface area contributed by atoms with Crippen molar-refractivity contribution in [1.29, 1.82) is 0 Å². The van der Waals surface area contributed by atoms with Crippen molar-refractivity contribution in [3.63, 3.8) is 0 Å². The third-order valence-corrected chi connectivity index (χ3v) is 7.01. The van der Waals surface area contributed by atoms with Gasteiger partial charge in [0.15, 0.2) is 0 Å². The predicted octanol–water partition coefficient (Wildman–Crippen LogP) is 6.36. The molecule has 0 amide bonds. The molecule has 170 valence electrons. The van der Waals surface area contributed by atoms with Crippen LogP contribution in [0.1, 0.15) is 22.5 Å². The molecule has 3 aromatic carbocycles. The zero-order valence-corrected chi connectivity index (χ0v) is 20.0. The Balaban J connectivity index is 1.37. The van der Waals surface area contributed by atoms with Crippen LogP contribution in [0.5, 0.6) is 5.75 Å². The molecule has 0 atom stereocenters. The zero-order chi connectivity index (χ0) is 22.9. The molecule has 33 heavy (non-hydrogen) atoms. The van der Waals surface area contributed by atoms with Crippen LogP contribution >= 0.6 is 0 Å². The molecule has 0 aliphatic carbocycles. The number of benzene rings is 3. The van der Waals surface area contributed by atoms with Gasteiger partial charge >= 0.3 is 0 Å². The monoisotopic (exact) mass is 440 g/mol. The van der Waals surface area contributed by atoms with Gasteiger partial charge in [-0.1, -0.05) is 42.5 Å². The summed E-state index contributed by atoms with van der Waals surface area (Å²) in [4.78, 5) is 5.03. The normalized spacial score (nSPS) is 14.7. The number of methoxy groups -OCH3 is 1. The van der Waals surface area contributed by atoms with Gasteiger partial charge in [0.25, 0.3) is 0 Å². The van der Waals surface area contributed by atoms with Crippen molar-refractivity contribution < 1.29 is 9.15 Å². The predicted molar refractivity (Wildman–Crippen MR) is 136 cm³/mol. The van der Waals surface area contributed by atoms with Crippen molar-refractivity contribution >= 4 is 16.7 Å². The number of fused-ring (bicyclic) bond motifs is 1. The summed E-state index contributed by atoms with van der Waals surface area (Å²) in [7, 11) is 1.76. The molecule has 1 aliphatic heterocycles. The number of furan rings is 1. The molecule has 4 nitrogen and oxygen atoms in total. The minimum atomic E-state index is 0.861. The number of anilines is 1. The first-order valence-electron chi connectivity index (χ1n) is 11.7. The molecule has 0 radical (unpaired) electrons. The van der Waals surface area contributed by atoms with E-state index in [4.69, 9.17) is 9.15 Å². The standard InChI is InChI=1S/C29H32N2O2/c1-20-9-8-12-26(21(20)2)31-15-13-30(14-16-31)19-24-17-28-25(18-27(24)32-4)29(22(3)33-28)23-10-6-5-7-11-23/h5-12,17-18H,13-16,19H2,1-4H3. The van der Waals surface area contributed by atoms with Gasteiger partial charge in [0.2, 0.25) is 0 Å². The maximum atomic E-state index is 6.20. The van der Waals surface area contributed by atoms with Gasteiger partial charge < -0.3 is 14.1 Å². The first-order chi connectivity index (χ1) is 16.0. The van der Waals surface area contributed by atoms with E-state index in [2.05, 4.69) is 78.2 Å². The van der Waals surface area contributed by atoms with E-state index in [0.29, 0.717) is 0 Å². The van der Waals surface area contributed by atoms with E-state index in [1.54, 1.807) is 7.11 Å². The number of ether oxygens (including phenoxy) is 1. The summed E-state index contributed by atoms with van der Waals surface area (Å²) >= 11 is 0. The summed E-state index contributed by atoms with van der Waals surface area (Å²) in [6.45, 7) is 11.5. The maximum Gasteiger partial charge on any atom is 0.135 e. The van der Waals surface area contributed by atoms with Crippen molar-refractivity contribution in [1.82, 2.24) is 4.90 Å². The van der Waals surface area contributed by atoms with Gasteiger partial charge in [0.1, 0.15) is 17.1 Å². The van der Waals surface area contributed by atoms with E-state index in [-0.39, 0.29) is 0 Å². The van der Waals surface area contributed by atoms with Crippen molar-refractivity contribution in [2.75, 3.05) is 38.2 Å². The van der Waals surface area contributed by atoms with Crippen LogP contribution in [0.4, 0.5) is 5.69 Å². The van der Waals surface area contributed by atoms with Gasteiger partial charge in [-0.15, -0.1) is 0 Å². The van der Waals surface area contributed by atoms with Crippen molar-refractivity contribution in [2.45, 2.75) is 27.3 Å². The number of aryl methyl sites for hydroxylation is 2. The van der Waals surface area contributed by atoms with Crippen LogP contribution in [-0.2, 0) is 6.54 Å². The molecule has 4 aromatic rings. The Labute approximate surface area is 196 Å². The van der Waals surface area contributed by atoms with Crippen LogP contribution in [0.15, 0.2) is 65.1 Å². The SMILES string of the molecule is COc1cc2c(-c3ccccc3)c(C)oc2cc1CN1CCN(c2cccc(C)c2C)CC1. The van der Waals surface area contributed by atoms with Crippen LogP contribution in [-0.4, -0.2) is 38.2 Å². The van der Waals surface area contributed by atoms with Crippen molar-refractivity contribution in [3.05, 3.63) is 83.1 Å². The Morgan fingerprint density at radius 1 is 0.879 bits per heavy atom. The summed E-state index contributed by atoms with van der Waals surface area (Å²) in [5, 5.41) is 1.11. The molecule has 5 rings (SSSR count). The number of hydrogen-bond donors (Lipinski definition) is 0. The number of hydrogen-bond acceptors (Lipinski definition) is 4. The fourth-order valence-corrected chi connectivity index (χ4v) is 5.03. The topological polar surface area (TPSA) is 28.9 Å². The van der Waals surface area contributed by atoms with Gasteiger partial charge in [-0.2, -0.15) is 0 Å². The first kappa shape index (κ1) is 21.6. The van der Waals surface area contributed by atoms with Crippen molar-refractivity contribution in [2.24, 2.45) is 0 Å². The van der Waals surface area contributed by atoms with E-state index in [1.165, 1.54) is 27.9 Å². The second-order valence-electron chi connectivity index (χ2n) is 9.04. The summed E-state index contributed by atoms with van der Waals surface area (Å²) in [5.41, 5.74) is 8.55. The van der Waals surface area contributed by atoms with Crippen LogP contribution in [0.3, 0.4) is 0 Å². The highest BCUT2D eigenvalue weighted by atomic mass is 16.5. The highest BCUT2D eigenvalue weighted by Gasteiger charge is 2.22. The number of rotatable bonds is 5. The van der Waals surface area contributed by atoms with Crippen LogP contribution in [0, 0.1) is 20.8 Å². The van der Waals surface area contributed by atoms with Gasteiger partial charge in [-0.05, 0) is 55.7 Å². The minimum absolute atomic E-state index is 0.861. The number of piperazine rings is 1. The maximum absolute atomic E-state index is 6.20. The summed E-state index contributed by atoms with van der Waals surface area (Å²) in [6, 6.07) is 21.4. The second-order valence-corrected chi connectivity index (χ2v) is 9.04. The average molecular weight is 441 g/mol. The fourth-order valence-electron chi connectivity index (χ4n) is 5.03. The van der Waals surface area contributed by atoms with Crippen LogP contribution in [0.25, 0.3) is 22.1 Å². The van der Waals surface area contributed by atoms with Gasteiger partial charge in [0, 0.05) is 54.9 Å². The van der Waals surface area contributed by atoms with E-state index in [1.807, 2.05) is 13.0 Å². The third kappa shape index (κ3) is 4.11. The summed E-state index contributed by atoms with van der Waals surface area (Å²) in [6.07, 6.45) is 0. The average Bonchev–Trinajstić information content (AvgIpc) is 3.16. The minimum Gasteiger partial charge on any atom is -0.496 e. The Hall–Kier alpha value is -3.24. The Kier molecular flexibility index (Phi) is 5.86. The molecule has 1 aromatic heterocycles. The molecule has 2 heterocycles. The molecule has 0 unspecified atom stereocenters. The molecule has 1 aliphatic rings. The molecule has 0 N–H and O–H groups in total. The third-order valence-electron chi connectivity index (χ3n) is 7.01. The van der Waals surface area contributed by atoms with E-state index < -0.39 is 0 Å². The largest absolute Gasteiger partial charge is 0.496 e. The highest BCUT2D eigenvalue weighted by Crippen LogP contribution is 2.38. The highest BCUT2D eigenvalue weighted by molar-refractivity contribution is 5.97. The quantitative estimate of drug-likeness (QED) is 0.361. The second kappa shape index (κ2) is 8.95. The molecule has 4 heteroatoms. The molecule has 0 spiro atoms. The molecule has 1 fully saturated rings. The van der Waals surface area contributed by atoms with E-state index in [9.17, 15) is 0 Å². The molecular weight excluding hydrogens is 408 g/mol. The Bertz CT molecular complexity index is 1270. The fraction of sp³-hybridized carbons (Fsp3) is 0.310. The van der Waals surface area contributed by atoms with Crippen molar-refractivity contribution in [3.8, 4) is 16.9 Å². The lowest BCUT2D eigenvalue weighted by Gasteiger charge is -2.37. The van der Waals surface area contributed by atoms with Gasteiger partial charge in [0.05, 0.1) is 7.11 Å². The van der Waals surface area contributed by atoms with Crippen LogP contribution < -0.4 is 9.64 Å². The Morgan fingerprint density at radius 3 is 2.36 bits per heavy atom. The first-order valence-corrected chi connectivity index (χ1v) is 11.7. The summed E-state index contributed by atoms with van der Waals surface area (Å²) in [5.74, 6) is 1.87. The lowest BCUT2D eigenvalue weighted by Crippen LogP contribution is -2.46. The van der Waals surface area contributed by atoms with E-state index in [0.717, 1.165) is 60.8 Å². The molecule has 0 saturated carbocycles. The molecular formula is C29H32N2O2. The van der Waals surface area contributed by atoms with Crippen LogP contribution in [0.2, 0.25) is 0 Å². The van der Waals surface area contributed by atoms with Gasteiger partial charge in [-0.3, -0.25) is 4.90 Å². The lowest BCUT2D eigenvalue weighted by molar-refractivity contribution is 0.246. The Morgan fingerprint density at radius 2 is 1.64 bits per heavy atom. The zero-order valence-electron chi connectivity index (χ0n) is 20.0. The van der Waals surface area contributed by atoms with E-state index >= 15 is 0 Å². The molecule has 0 bridgehead atoms. The number of nitrogens with zero attached hydrogens (tertiary/aromatic N) is 2. The van der Waals surface area contributed by atoms with Gasteiger partial charge in [-0.25, -0.2) is 0 Å². The lowest BCUT2D eigenvalue weighted by atomic mass is 10.0.